The van der Waals surface area contributed by atoms with Crippen molar-refractivity contribution in [2.45, 2.75) is 75.2 Å². The summed E-state index contributed by atoms with van der Waals surface area (Å²) in [6, 6.07) is 34.0. The summed E-state index contributed by atoms with van der Waals surface area (Å²) >= 11 is 0. The van der Waals surface area contributed by atoms with Crippen LogP contribution in [0.25, 0.3) is 11.2 Å². The summed E-state index contributed by atoms with van der Waals surface area (Å²) in [5.74, 6) is -0.828. The molecule has 1 aliphatic heterocycles. The van der Waals surface area contributed by atoms with Gasteiger partial charge in [-0.3, -0.25) is 4.79 Å². The lowest BCUT2D eigenvalue weighted by atomic mass is 9.91. The highest BCUT2D eigenvalue weighted by Crippen LogP contribution is 2.39. The molecule has 2 aliphatic rings. The highest BCUT2D eigenvalue weighted by Gasteiger charge is 2.51. The van der Waals surface area contributed by atoms with Crippen molar-refractivity contribution < 1.29 is 37.7 Å². The van der Waals surface area contributed by atoms with Gasteiger partial charge in [0.2, 0.25) is 5.95 Å². The molecule has 0 spiro atoms. The van der Waals surface area contributed by atoms with Crippen LogP contribution in [0, 0.1) is 0 Å². The van der Waals surface area contributed by atoms with E-state index in [1.807, 2.05) is 95.9 Å². The third-order valence-corrected chi connectivity index (χ3v) is 11.8. The normalized spacial score (nSPS) is 19.8. The molecule has 5 atom stereocenters. The number of carbonyl (C=O) groups is 2. The lowest BCUT2D eigenvalue weighted by Crippen LogP contribution is -2.51. The van der Waals surface area contributed by atoms with Gasteiger partial charge < -0.3 is 45.3 Å². The van der Waals surface area contributed by atoms with Crippen molar-refractivity contribution in [2.24, 2.45) is 0 Å². The minimum Gasteiger partial charge on any atom is -0.489 e. The van der Waals surface area contributed by atoms with E-state index in [4.69, 9.17) is 14.7 Å². The summed E-state index contributed by atoms with van der Waals surface area (Å²) < 4.78 is 48.6. The number of nitrogens with one attached hydrogen (secondary N) is 3. The first-order valence-corrected chi connectivity index (χ1v) is 21.4. The summed E-state index contributed by atoms with van der Waals surface area (Å²) in [6.45, 7) is 3.03. The number of imidazole rings is 1. The molecule has 1 saturated carbocycles. The van der Waals surface area contributed by atoms with E-state index in [9.17, 15) is 33.0 Å². The Morgan fingerprint density at radius 2 is 1.55 bits per heavy atom. The van der Waals surface area contributed by atoms with E-state index in [0.717, 1.165) is 16.7 Å². The highest BCUT2D eigenvalue weighted by molar-refractivity contribution is 5.89. The van der Waals surface area contributed by atoms with Crippen LogP contribution in [0.1, 0.15) is 54.8 Å². The second kappa shape index (κ2) is 19.3. The van der Waals surface area contributed by atoms with Crippen molar-refractivity contribution in [3.63, 3.8) is 0 Å². The molecule has 2 fully saturated rings. The summed E-state index contributed by atoms with van der Waals surface area (Å²) in [5, 5.41) is 32.0. The minimum absolute atomic E-state index is 0.0990. The topological polar surface area (TPSA) is 170 Å². The monoisotopic (exact) mass is 877 g/mol. The average Bonchev–Trinajstić information content (AvgIpc) is 4.03. The molecular weight excluding hydrogens is 828 g/mol. The zero-order chi connectivity index (χ0) is 44.8. The Kier molecular flexibility index (Phi) is 13.3. The first kappa shape index (κ1) is 43.9. The Bertz CT molecular complexity index is 2460. The Labute approximate surface area is 368 Å². The van der Waals surface area contributed by atoms with Gasteiger partial charge in [0.25, 0.3) is 0 Å². The van der Waals surface area contributed by atoms with Gasteiger partial charge in [-0.15, -0.1) is 0 Å². The van der Waals surface area contributed by atoms with Gasteiger partial charge in [0.05, 0.1) is 18.4 Å². The fourth-order valence-corrected chi connectivity index (χ4v) is 8.59. The van der Waals surface area contributed by atoms with Gasteiger partial charge >= 0.3 is 18.1 Å². The smallest absolute Gasteiger partial charge is 0.471 e. The van der Waals surface area contributed by atoms with Crippen molar-refractivity contribution in [1.82, 2.24) is 29.7 Å². The lowest BCUT2D eigenvalue weighted by Gasteiger charge is -2.31. The predicted octanol–water partition coefficient (Wildman–Crippen LogP) is 6.89. The number of carbonyl (C=O) groups excluding carboxylic acids is 2. The van der Waals surface area contributed by atoms with E-state index in [1.165, 1.54) is 6.33 Å². The molecule has 3 heterocycles. The lowest BCUT2D eigenvalue weighted by molar-refractivity contribution is -0.190. The molecule has 4 aromatic carbocycles. The number of anilines is 3. The molecule has 0 radical (unpaired) electrons. The van der Waals surface area contributed by atoms with Crippen LogP contribution >= 0.6 is 0 Å². The maximum Gasteiger partial charge on any atom is 0.471 e. The molecule has 8 rings (SSSR count). The van der Waals surface area contributed by atoms with Crippen molar-refractivity contribution in [1.29, 1.82) is 0 Å². The summed E-state index contributed by atoms with van der Waals surface area (Å²) in [5.41, 5.74) is 4.37. The molecule has 3 amide bonds. The Morgan fingerprint density at radius 1 is 0.891 bits per heavy atom. The number of rotatable bonds is 15. The zero-order valence-corrected chi connectivity index (χ0v) is 35.1. The van der Waals surface area contributed by atoms with Gasteiger partial charge in [0.15, 0.2) is 17.0 Å². The van der Waals surface area contributed by atoms with E-state index >= 15 is 0 Å². The summed E-state index contributed by atoms with van der Waals surface area (Å²) in [6.07, 6.45) is -6.34. The van der Waals surface area contributed by atoms with E-state index in [0.29, 0.717) is 66.3 Å². The molecule has 5 N–H and O–H groups in total. The van der Waals surface area contributed by atoms with Crippen LogP contribution in [-0.4, -0.2) is 103 Å². The minimum atomic E-state index is -5.16. The van der Waals surface area contributed by atoms with E-state index in [2.05, 4.69) is 20.9 Å². The van der Waals surface area contributed by atoms with Crippen LogP contribution in [0.4, 0.5) is 35.4 Å². The Hall–Kier alpha value is -6.72. The predicted molar refractivity (Wildman–Crippen MR) is 236 cm³/mol. The molecule has 0 bridgehead atoms. The van der Waals surface area contributed by atoms with Crippen molar-refractivity contribution in [3.8, 4) is 5.75 Å². The van der Waals surface area contributed by atoms with Crippen LogP contribution in [-0.2, 0) is 11.4 Å². The largest absolute Gasteiger partial charge is 0.489 e. The highest BCUT2D eigenvalue weighted by atomic mass is 19.4. The number of aromatic nitrogens is 4. The van der Waals surface area contributed by atoms with Crippen LogP contribution in [0.3, 0.4) is 0 Å². The molecule has 64 heavy (non-hydrogen) atoms. The van der Waals surface area contributed by atoms with Gasteiger partial charge in [-0.2, -0.15) is 23.1 Å². The van der Waals surface area contributed by atoms with Gasteiger partial charge in [-0.1, -0.05) is 97.9 Å². The average molecular weight is 878 g/mol. The zero-order valence-electron chi connectivity index (χ0n) is 35.1. The number of alkyl halides is 3. The summed E-state index contributed by atoms with van der Waals surface area (Å²) in [7, 11) is 0. The third-order valence-electron chi connectivity index (χ3n) is 11.8. The second-order valence-corrected chi connectivity index (χ2v) is 16.1. The van der Waals surface area contributed by atoms with E-state index in [1.54, 1.807) is 35.8 Å². The van der Waals surface area contributed by atoms with Crippen LogP contribution in [0.2, 0.25) is 0 Å². The van der Waals surface area contributed by atoms with E-state index in [-0.39, 0.29) is 43.0 Å². The maximum atomic E-state index is 13.7. The van der Waals surface area contributed by atoms with Crippen LogP contribution in [0.5, 0.6) is 5.75 Å². The van der Waals surface area contributed by atoms with Gasteiger partial charge in [-0.05, 0) is 60.2 Å². The number of urea groups is 1. The fourth-order valence-electron chi connectivity index (χ4n) is 8.59. The van der Waals surface area contributed by atoms with Crippen molar-refractivity contribution in [3.05, 3.63) is 138 Å². The number of benzene rings is 4. The number of hydrogen-bond donors (Lipinski definition) is 5. The van der Waals surface area contributed by atoms with Gasteiger partial charge in [-0.25, -0.2) is 9.78 Å². The van der Waals surface area contributed by atoms with Crippen LogP contribution in [0.15, 0.2) is 122 Å². The Morgan fingerprint density at radius 3 is 2.19 bits per heavy atom. The number of aliphatic hydroxyl groups is 2. The van der Waals surface area contributed by atoms with Crippen molar-refractivity contribution >= 4 is 40.6 Å². The quantitative estimate of drug-likeness (QED) is 0.0733. The molecule has 6 aromatic rings. The Balaban J connectivity index is 1.03. The van der Waals surface area contributed by atoms with Gasteiger partial charge in [0.1, 0.15) is 24.6 Å². The summed E-state index contributed by atoms with van der Waals surface area (Å²) in [4.78, 5) is 42.8. The number of fused-ring (bicyclic) bond motifs is 1. The molecule has 2 aromatic heterocycles. The molecule has 334 valence electrons. The standard InChI is InChI=1S/C47H50F3N9O5/c1-2-23-58(44(62)47(48,49)50)37-25-38(41(61)40(37)60)59-29-52-39-42(51-26-36(31-14-8-4-9-15-31)32-16-10-5-11-17-32)55-45(56-43(39)59)57-24-22-34(27-57)54-46(63)53-33-18-20-35(21-19-33)64-28-30-12-6-3-7-13-30/h3-21,29,34,36-38,40-41,60-61H,2,22-28H2,1H3,(H,51,55,56)(H2,53,54,63)/t34-,37+,38-,40-,41+/m1/s1. The second-order valence-electron chi connectivity index (χ2n) is 16.1. The maximum absolute atomic E-state index is 13.7. The number of nitrogens with zero attached hydrogens (tertiary/aromatic N) is 6. The molecular formula is C47H50F3N9O5. The fraction of sp³-hybridized carbons (Fsp3) is 0.340. The molecule has 17 heteroatoms. The number of ether oxygens (including phenoxy) is 1. The molecule has 0 unspecified atom stereocenters. The van der Waals surface area contributed by atoms with Crippen LogP contribution < -0.4 is 25.6 Å². The molecule has 14 nitrogen and oxygen atoms in total. The van der Waals surface area contributed by atoms with E-state index < -0.39 is 36.4 Å². The molecule has 1 aliphatic carbocycles. The molecule has 1 saturated heterocycles. The number of amides is 3. The first-order chi connectivity index (χ1) is 31.0. The SMILES string of the molecule is CCCN(C(=O)C(F)(F)F)[C@H]1C[C@@H](n2cnc3c(NCC(c4ccccc4)c4ccccc4)nc(N4CC[C@@H](NC(=O)Nc5ccc(OCc6ccccc6)cc5)C4)nc32)[C@H](O)[C@@H]1O. The van der Waals surface area contributed by atoms with Gasteiger partial charge in [0, 0.05) is 43.8 Å². The first-order valence-electron chi connectivity index (χ1n) is 21.4. The third kappa shape index (κ3) is 9.90. The van der Waals surface area contributed by atoms with Crippen molar-refractivity contribution in [2.75, 3.05) is 41.7 Å². The number of halogens is 3. The number of aliphatic hydroxyl groups excluding tert-OH is 2. The number of hydrogen-bond acceptors (Lipinski definition) is 10.